The fourth-order valence-electron chi connectivity index (χ4n) is 2.88. The van der Waals surface area contributed by atoms with Gasteiger partial charge < -0.3 is 4.90 Å². The molecule has 0 bridgehead atoms. The van der Waals surface area contributed by atoms with Crippen molar-refractivity contribution < 1.29 is 14.4 Å². The quantitative estimate of drug-likeness (QED) is 0.645. The zero-order valence-electron chi connectivity index (χ0n) is 12.8. The van der Waals surface area contributed by atoms with Gasteiger partial charge in [-0.3, -0.25) is 20.2 Å². The van der Waals surface area contributed by atoms with Gasteiger partial charge in [0.25, 0.3) is 11.8 Å². The van der Waals surface area contributed by atoms with Crippen molar-refractivity contribution in [2.24, 2.45) is 0 Å². The highest BCUT2D eigenvalue weighted by Gasteiger charge is 2.27. The average Bonchev–Trinajstić information content (AvgIpc) is 2.81. The summed E-state index contributed by atoms with van der Waals surface area (Å²) >= 11 is 0. The average molecular weight is 313 g/mol. The topological polar surface area (TPSA) is 78.5 Å². The number of nitrogens with one attached hydrogen (secondary N) is 2. The van der Waals surface area contributed by atoms with Crippen LogP contribution in [0, 0.1) is 0 Å². The molecule has 0 spiro atoms. The van der Waals surface area contributed by atoms with Crippen molar-refractivity contribution in [2.75, 3.05) is 18.0 Å². The van der Waals surface area contributed by atoms with Crippen LogP contribution in [0.3, 0.4) is 0 Å². The number of benzene rings is 1. The minimum atomic E-state index is -0.784. The first-order valence-corrected chi connectivity index (χ1v) is 7.87. The van der Waals surface area contributed by atoms with Gasteiger partial charge in [-0.2, -0.15) is 0 Å². The van der Waals surface area contributed by atoms with Gasteiger partial charge in [0.2, 0.25) is 0 Å². The van der Waals surface area contributed by atoms with Crippen LogP contribution in [0.5, 0.6) is 0 Å². The molecule has 23 heavy (non-hydrogen) atoms. The first-order chi connectivity index (χ1) is 11.1. The van der Waals surface area contributed by atoms with E-state index in [1.54, 1.807) is 0 Å². The van der Waals surface area contributed by atoms with Crippen molar-refractivity contribution in [3.8, 4) is 0 Å². The van der Waals surface area contributed by atoms with Gasteiger partial charge in [-0.1, -0.05) is 25.0 Å². The number of hydrogen-bond donors (Lipinski definition) is 2. The summed E-state index contributed by atoms with van der Waals surface area (Å²) in [5.41, 5.74) is 1.84. The summed E-state index contributed by atoms with van der Waals surface area (Å²) in [5, 5.41) is 4.13. The van der Waals surface area contributed by atoms with E-state index in [2.05, 4.69) is 15.5 Å². The summed E-state index contributed by atoms with van der Waals surface area (Å²) in [6.07, 6.45) is 6.47. The Bertz CT molecular complexity index is 634. The monoisotopic (exact) mass is 313 g/mol. The van der Waals surface area contributed by atoms with Crippen LogP contribution in [0.1, 0.15) is 31.2 Å². The van der Waals surface area contributed by atoms with Crippen LogP contribution in [0.2, 0.25) is 0 Å². The van der Waals surface area contributed by atoms with E-state index in [1.165, 1.54) is 31.8 Å². The van der Waals surface area contributed by atoms with E-state index in [1.807, 2.05) is 24.3 Å². The van der Waals surface area contributed by atoms with Crippen LogP contribution < -0.4 is 15.5 Å². The first kappa shape index (κ1) is 15.3. The van der Waals surface area contributed by atoms with Crippen molar-refractivity contribution in [1.82, 2.24) is 10.6 Å². The molecule has 2 aliphatic heterocycles. The molecule has 1 aromatic rings. The number of nitrogens with zero attached hydrogens (tertiary/aromatic N) is 1. The van der Waals surface area contributed by atoms with Gasteiger partial charge in [-0.15, -0.1) is 0 Å². The Morgan fingerprint density at radius 2 is 1.39 bits per heavy atom. The van der Waals surface area contributed by atoms with Crippen molar-refractivity contribution in [3.05, 3.63) is 35.4 Å². The molecule has 0 aliphatic carbocycles. The number of carbonyl (C=O) groups excluding carboxylic acids is 3. The summed E-state index contributed by atoms with van der Waals surface area (Å²) < 4.78 is 0. The predicted octanol–water partition coefficient (Wildman–Crippen LogP) is 1.82. The molecule has 4 amide bonds. The molecule has 3 rings (SSSR count). The molecule has 0 atom stereocenters. The zero-order chi connectivity index (χ0) is 16.2. The third-order valence-corrected chi connectivity index (χ3v) is 4.12. The number of barbiturate groups is 1. The largest absolute Gasteiger partial charge is 0.372 e. The molecule has 0 saturated carbocycles. The molecule has 120 valence electrons. The van der Waals surface area contributed by atoms with Gasteiger partial charge in [0, 0.05) is 18.8 Å². The Morgan fingerprint density at radius 3 is 1.96 bits per heavy atom. The van der Waals surface area contributed by atoms with Crippen LogP contribution in [-0.4, -0.2) is 30.9 Å². The van der Waals surface area contributed by atoms with E-state index in [0.29, 0.717) is 0 Å². The lowest BCUT2D eigenvalue weighted by molar-refractivity contribution is -0.123. The van der Waals surface area contributed by atoms with Crippen molar-refractivity contribution >= 4 is 29.6 Å². The number of imide groups is 2. The molecule has 0 aromatic heterocycles. The summed E-state index contributed by atoms with van der Waals surface area (Å²) in [4.78, 5) is 36.8. The Morgan fingerprint density at radius 1 is 0.826 bits per heavy atom. The van der Waals surface area contributed by atoms with Crippen LogP contribution in [0.4, 0.5) is 10.5 Å². The first-order valence-electron chi connectivity index (χ1n) is 7.87. The maximum absolute atomic E-state index is 11.7. The zero-order valence-corrected chi connectivity index (χ0v) is 12.8. The minimum absolute atomic E-state index is 0.0628. The lowest BCUT2D eigenvalue weighted by atomic mass is 10.1. The van der Waals surface area contributed by atoms with E-state index in [0.717, 1.165) is 24.3 Å². The Balaban J connectivity index is 1.76. The number of hydrogen-bond acceptors (Lipinski definition) is 4. The fraction of sp³-hybridized carbons (Fsp3) is 0.353. The third-order valence-electron chi connectivity index (χ3n) is 4.12. The Labute approximate surface area is 134 Å². The molecular weight excluding hydrogens is 294 g/mol. The smallest absolute Gasteiger partial charge is 0.328 e. The second-order valence-corrected chi connectivity index (χ2v) is 5.79. The molecule has 2 fully saturated rings. The molecule has 2 heterocycles. The van der Waals surface area contributed by atoms with E-state index in [-0.39, 0.29) is 5.57 Å². The summed E-state index contributed by atoms with van der Waals surface area (Å²) in [7, 11) is 0. The van der Waals surface area contributed by atoms with Crippen LogP contribution in [0.25, 0.3) is 6.08 Å². The van der Waals surface area contributed by atoms with Gasteiger partial charge in [0.1, 0.15) is 5.57 Å². The highest BCUT2D eigenvalue weighted by Crippen LogP contribution is 2.21. The Kier molecular flexibility index (Phi) is 4.41. The van der Waals surface area contributed by atoms with E-state index >= 15 is 0 Å². The van der Waals surface area contributed by atoms with E-state index < -0.39 is 17.8 Å². The number of amides is 4. The molecule has 6 nitrogen and oxygen atoms in total. The van der Waals surface area contributed by atoms with Crippen LogP contribution in [-0.2, 0) is 9.59 Å². The number of carbonyl (C=O) groups is 3. The van der Waals surface area contributed by atoms with Crippen molar-refractivity contribution in [1.29, 1.82) is 0 Å². The minimum Gasteiger partial charge on any atom is -0.372 e. The van der Waals surface area contributed by atoms with Gasteiger partial charge >= 0.3 is 6.03 Å². The van der Waals surface area contributed by atoms with Crippen LogP contribution >= 0.6 is 0 Å². The lowest BCUT2D eigenvalue weighted by Gasteiger charge is -2.22. The normalized spacial score (nSPS) is 19.0. The molecule has 2 N–H and O–H groups in total. The predicted molar refractivity (Wildman–Crippen MR) is 86.8 cm³/mol. The summed E-state index contributed by atoms with van der Waals surface area (Å²) in [6, 6.07) is 6.98. The SMILES string of the molecule is O=C1NC(=O)C(=Cc2ccc(N3CCCCCC3)cc2)C(=O)N1. The maximum Gasteiger partial charge on any atom is 0.328 e. The second kappa shape index (κ2) is 6.64. The number of rotatable bonds is 2. The molecule has 0 unspecified atom stereocenters. The number of anilines is 1. The molecule has 6 heteroatoms. The second-order valence-electron chi connectivity index (χ2n) is 5.79. The van der Waals surface area contributed by atoms with E-state index in [4.69, 9.17) is 0 Å². The standard InChI is InChI=1S/C17H19N3O3/c21-15-14(16(22)19-17(23)18-15)11-12-5-7-13(8-6-12)20-9-3-1-2-4-10-20/h5-8,11H,1-4,9-10H2,(H2,18,19,21,22,23). The van der Waals surface area contributed by atoms with Crippen LogP contribution in [0.15, 0.2) is 29.8 Å². The van der Waals surface area contributed by atoms with Gasteiger partial charge in [0.15, 0.2) is 0 Å². The van der Waals surface area contributed by atoms with Gasteiger partial charge in [-0.25, -0.2) is 4.79 Å². The maximum atomic E-state index is 11.7. The Hall–Kier alpha value is -2.63. The summed E-state index contributed by atoms with van der Waals surface area (Å²) in [5.74, 6) is -1.34. The fourth-order valence-corrected chi connectivity index (χ4v) is 2.88. The summed E-state index contributed by atoms with van der Waals surface area (Å²) in [6.45, 7) is 2.13. The molecule has 2 saturated heterocycles. The van der Waals surface area contributed by atoms with E-state index in [9.17, 15) is 14.4 Å². The molecule has 1 aromatic carbocycles. The third kappa shape index (κ3) is 3.59. The highest BCUT2D eigenvalue weighted by molar-refractivity contribution is 6.31. The van der Waals surface area contributed by atoms with Crippen molar-refractivity contribution in [3.63, 3.8) is 0 Å². The van der Waals surface area contributed by atoms with Gasteiger partial charge in [0.05, 0.1) is 0 Å². The molecule has 0 radical (unpaired) electrons. The molecular formula is C17H19N3O3. The van der Waals surface area contributed by atoms with Gasteiger partial charge in [-0.05, 0) is 36.6 Å². The lowest BCUT2D eigenvalue weighted by Crippen LogP contribution is -2.51. The number of urea groups is 1. The highest BCUT2D eigenvalue weighted by atomic mass is 16.2. The molecule has 2 aliphatic rings. The van der Waals surface area contributed by atoms with Crippen molar-refractivity contribution in [2.45, 2.75) is 25.7 Å².